The molecule has 2 aromatic carbocycles. The number of amides is 1. The fourth-order valence-corrected chi connectivity index (χ4v) is 3.06. The highest BCUT2D eigenvalue weighted by atomic mass is 19.1. The number of aromatic nitrogens is 1. The van der Waals surface area contributed by atoms with E-state index in [2.05, 4.69) is 26.1 Å². The van der Waals surface area contributed by atoms with Crippen LogP contribution in [-0.4, -0.2) is 52.7 Å². The highest BCUT2D eigenvalue weighted by molar-refractivity contribution is 6.12. The minimum absolute atomic E-state index is 0.593. The summed E-state index contributed by atoms with van der Waals surface area (Å²) in [6, 6.07) is 12.8. The van der Waals surface area contributed by atoms with Crippen molar-refractivity contribution in [2.24, 2.45) is 5.92 Å². The molecule has 0 saturated carbocycles. The predicted molar refractivity (Wildman–Crippen MR) is 122 cm³/mol. The average molecular weight is 458 g/mol. The molecule has 9 heteroatoms. The number of ether oxygens (including phenoxy) is 1. The number of benzene rings is 2. The molecule has 1 amide bonds. The van der Waals surface area contributed by atoms with Gasteiger partial charge in [-0.05, 0) is 18.1 Å². The molecule has 0 aliphatic heterocycles. The number of carbonyl (C=O) groups is 4. The van der Waals surface area contributed by atoms with Crippen LogP contribution in [0.2, 0.25) is 0 Å². The smallest absolute Gasteiger partial charge is 0.419 e. The van der Waals surface area contributed by atoms with Gasteiger partial charge in [-0.1, -0.05) is 57.2 Å². The molecule has 0 spiro atoms. The number of hydrogen-bond donors (Lipinski definition) is 2. The van der Waals surface area contributed by atoms with Gasteiger partial charge in [-0.2, -0.15) is 0 Å². The van der Waals surface area contributed by atoms with Gasteiger partial charge in [0.25, 0.3) is 5.91 Å². The van der Waals surface area contributed by atoms with Crippen molar-refractivity contribution < 1.29 is 33.4 Å². The van der Waals surface area contributed by atoms with Gasteiger partial charge in [-0.3, -0.25) is 14.4 Å². The van der Waals surface area contributed by atoms with E-state index in [1.54, 1.807) is 24.3 Å². The average Bonchev–Trinajstić information content (AvgIpc) is 3.10. The SMILES string of the molecule is CC(C)C.O=C(O)CC(NC(=O)COC(=O)n1c2ccccc2c2ccccc21)C(=O)CF. The number of fused-ring (bicyclic) bond motifs is 3. The van der Waals surface area contributed by atoms with Crippen LogP contribution >= 0.6 is 0 Å². The fourth-order valence-electron chi connectivity index (χ4n) is 3.06. The molecule has 0 saturated heterocycles. The number of rotatable bonds is 7. The molecular weight excluding hydrogens is 431 g/mol. The summed E-state index contributed by atoms with van der Waals surface area (Å²) in [4.78, 5) is 46.8. The molecule has 1 heterocycles. The molecule has 3 rings (SSSR count). The van der Waals surface area contributed by atoms with Crippen LogP contribution in [0.25, 0.3) is 21.8 Å². The van der Waals surface area contributed by atoms with Gasteiger partial charge in [-0.15, -0.1) is 0 Å². The van der Waals surface area contributed by atoms with Crippen LogP contribution in [-0.2, 0) is 19.1 Å². The zero-order valence-electron chi connectivity index (χ0n) is 18.7. The molecule has 1 unspecified atom stereocenters. The molecule has 33 heavy (non-hydrogen) atoms. The summed E-state index contributed by atoms with van der Waals surface area (Å²) in [5, 5.41) is 12.5. The van der Waals surface area contributed by atoms with Gasteiger partial charge in [0.2, 0.25) is 0 Å². The maximum atomic E-state index is 12.6. The van der Waals surface area contributed by atoms with Crippen LogP contribution < -0.4 is 5.32 Å². The van der Waals surface area contributed by atoms with E-state index in [1.807, 2.05) is 24.3 Å². The molecule has 0 fully saturated rings. The van der Waals surface area contributed by atoms with E-state index >= 15 is 0 Å². The molecule has 1 aromatic heterocycles. The zero-order chi connectivity index (χ0) is 24.5. The molecule has 176 valence electrons. The van der Waals surface area contributed by atoms with E-state index in [-0.39, 0.29) is 0 Å². The molecule has 2 N–H and O–H groups in total. The van der Waals surface area contributed by atoms with Gasteiger partial charge >= 0.3 is 12.1 Å². The number of carbonyl (C=O) groups excluding carboxylic acids is 3. The van der Waals surface area contributed by atoms with Crippen LogP contribution in [0.3, 0.4) is 0 Å². The Morgan fingerprint density at radius 2 is 1.45 bits per heavy atom. The van der Waals surface area contributed by atoms with Crippen molar-refractivity contribution in [3.8, 4) is 0 Å². The van der Waals surface area contributed by atoms with Crippen LogP contribution in [0.15, 0.2) is 48.5 Å². The number of ketones is 1. The van der Waals surface area contributed by atoms with Crippen LogP contribution in [0, 0.1) is 5.92 Å². The highest BCUT2D eigenvalue weighted by Crippen LogP contribution is 2.28. The molecule has 0 aliphatic rings. The summed E-state index contributed by atoms with van der Waals surface area (Å²) in [6.45, 7) is 4.33. The van der Waals surface area contributed by atoms with Crippen LogP contribution in [0.1, 0.15) is 27.2 Å². The fraction of sp³-hybridized carbons (Fsp3) is 0.333. The third-order valence-corrected chi connectivity index (χ3v) is 4.32. The second-order valence-electron chi connectivity index (χ2n) is 7.97. The van der Waals surface area contributed by atoms with Gasteiger partial charge in [0, 0.05) is 10.8 Å². The lowest BCUT2D eigenvalue weighted by Gasteiger charge is -2.14. The first kappa shape index (κ1) is 25.5. The standard InChI is InChI=1S/C20H17FN2O6.C4H10/c21-10-17(24)14(9-19(26)27)22-18(25)11-29-20(28)23-15-7-3-1-5-12(15)13-6-2-4-8-16(13)23;1-4(2)3/h1-8,14H,9-11H2,(H,22,25)(H,26,27);4H,1-3H3. The topological polar surface area (TPSA) is 115 Å². The van der Waals surface area contributed by atoms with Crippen molar-refractivity contribution in [1.82, 2.24) is 9.88 Å². The number of carboxylic acids is 1. The molecule has 0 aliphatic carbocycles. The number of para-hydroxylation sites is 2. The largest absolute Gasteiger partial charge is 0.481 e. The summed E-state index contributed by atoms with van der Waals surface area (Å²) in [7, 11) is 0. The van der Waals surface area contributed by atoms with E-state index in [4.69, 9.17) is 9.84 Å². The number of nitrogens with zero attached hydrogens (tertiary/aromatic N) is 1. The van der Waals surface area contributed by atoms with Gasteiger partial charge in [-0.25, -0.2) is 13.8 Å². The summed E-state index contributed by atoms with van der Waals surface area (Å²) < 4.78 is 18.9. The van der Waals surface area contributed by atoms with E-state index in [0.717, 1.165) is 16.7 Å². The Kier molecular flexibility index (Phi) is 9.08. The lowest BCUT2D eigenvalue weighted by Crippen LogP contribution is -2.44. The van der Waals surface area contributed by atoms with Crippen molar-refractivity contribution in [2.45, 2.75) is 33.2 Å². The number of Topliss-reactive ketones (excluding diaryl/α,β-unsaturated/α-hetero) is 1. The number of nitrogens with one attached hydrogen (secondary N) is 1. The predicted octanol–water partition coefficient (Wildman–Crippen LogP) is 3.94. The molecule has 0 bridgehead atoms. The normalized spacial score (nSPS) is 11.5. The van der Waals surface area contributed by atoms with Crippen LogP contribution in [0.5, 0.6) is 0 Å². The lowest BCUT2D eigenvalue weighted by atomic mass is 10.1. The Balaban J connectivity index is 0.000000890. The van der Waals surface area contributed by atoms with Gasteiger partial charge < -0.3 is 15.2 Å². The number of hydrogen-bond acceptors (Lipinski definition) is 5. The van der Waals surface area contributed by atoms with Crippen molar-refractivity contribution in [1.29, 1.82) is 0 Å². The second-order valence-corrected chi connectivity index (χ2v) is 7.97. The Morgan fingerprint density at radius 3 is 1.91 bits per heavy atom. The van der Waals surface area contributed by atoms with E-state index in [9.17, 15) is 23.6 Å². The van der Waals surface area contributed by atoms with E-state index < -0.39 is 49.5 Å². The Labute approximate surface area is 190 Å². The number of aliphatic carboxylic acids is 1. The number of alkyl halides is 1. The minimum Gasteiger partial charge on any atom is -0.481 e. The van der Waals surface area contributed by atoms with Gasteiger partial charge in [0.05, 0.1) is 17.5 Å². The number of halogens is 1. The lowest BCUT2D eigenvalue weighted by molar-refractivity contribution is -0.140. The van der Waals surface area contributed by atoms with Crippen molar-refractivity contribution in [3.05, 3.63) is 48.5 Å². The van der Waals surface area contributed by atoms with E-state index in [0.29, 0.717) is 11.0 Å². The number of carboxylic acid groups (broad SMARTS) is 1. The molecule has 8 nitrogen and oxygen atoms in total. The first-order valence-corrected chi connectivity index (χ1v) is 10.4. The summed E-state index contributed by atoms with van der Waals surface area (Å²) in [5.41, 5.74) is 1.19. The maximum absolute atomic E-state index is 12.6. The summed E-state index contributed by atoms with van der Waals surface area (Å²) in [5.74, 6) is -2.53. The minimum atomic E-state index is -1.53. The molecular formula is C24H27FN2O6. The summed E-state index contributed by atoms with van der Waals surface area (Å²) in [6.07, 6.45) is -1.58. The Morgan fingerprint density at radius 1 is 0.970 bits per heavy atom. The van der Waals surface area contributed by atoms with Gasteiger partial charge in [0.1, 0.15) is 12.7 Å². The molecule has 0 radical (unpaired) electrons. The van der Waals surface area contributed by atoms with Crippen molar-refractivity contribution in [2.75, 3.05) is 13.3 Å². The third-order valence-electron chi connectivity index (χ3n) is 4.32. The molecule has 1 atom stereocenters. The third kappa shape index (κ3) is 6.86. The van der Waals surface area contributed by atoms with Crippen LogP contribution in [0.4, 0.5) is 9.18 Å². The molecule has 3 aromatic rings. The van der Waals surface area contributed by atoms with Crippen molar-refractivity contribution >= 4 is 45.6 Å². The van der Waals surface area contributed by atoms with Crippen molar-refractivity contribution in [3.63, 3.8) is 0 Å². The zero-order valence-corrected chi connectivity index (χ0v) is 18.7. The van der Waals surface area contributed by atoms with Gasteiger partial charge in [0.15, 0.2) is 12.4 Å². The monoisotopic (exact) mass is 458 g/mol. The highest BCUT2D eigenvalue weighted by Gasteiger charge is 2.24. The first-order valence-electron chi connectivity index (χ1n) is 10.4. The quantitative estimate of drug-likeness (QED) is 0.554. The first-order chi connectivity index (χ1) is 15.6. The second kappa shape index (κ2) is 11.8. The van der Waals surface area contributed by atoms with E-state index in [1.165, 1.54) is 4.57 Å². The Hall–Kier alpha value is -3.75. The maximum Gasteiger partial charge on any atom is 0.419 e. The Bertz CT molecular complexity index is 1100. The summed E-state index contributed by atoms with van der Waals surface area (Å²) >= 11 is 0.